The minimum atomic E-state index is 0.440. The quantitative estimate of drug-likeness (QED) is 0.904. The van der Waals surface area contributed by atoms with Gasteiger partial charge in [-0.2, -0.15) is 0 Å². The van der Waals surface area contributed by atoms with E-state index in [4.69, 9.17) is 11.6 Å². The number of nitrogens with zero attached hydrogens (tertiary/aromatic N) is 1. The monoisotopic (exact) mass is 280 g/mol. The summed E-state index contributed by atoms with van der Waals surface area (Å²) < 4.78 is 0. The molecule has 0 bridgehead atoms. The van der Waals surface area contributed by atoms with Gasteiger partial charge in [0.2, 0.25) is 0 Å². The van der Waals surface area contributed by atoms with Crippen LogP contribution in [0.15, 0.2) is 24.3 Å². The van der Waals surface area contributed by atoms with Gasteiger partial charge < -0.3 is 5.32 Å². The molecule has 106 valence electrons. The van der Waals surface area contributed by atoms with Crippen molar-refractivity contribution in [1.82, 2.24) is 10.2 Å². The van der Waals surface area contributed by atoms with Crippen molar-refractivity contribution in [3.8, 4) is 0 Å². The Labute approximate surface area is 122 Å². The standard InChI is InChI=1S/C16H25ClN2/c1-12(2)9-16-11-19(8-7-18-16)13(3)14-5-4-6-15(17)10-14/h4-6,10,12-13,16,18H,7-9,11H2,1-3H3. The molecule has 2 nitrogen and oxygen atoms in total. The van der Waals surface area contributed by atoms with E-state index in [0.29, 0.717) is 12.1 Å². The van der Waals surface area contributed by atoms with Crippen LogP contribution in [0, 0.1) is 5.92 Å². The molecular weight excluding hydrogens is 256 g/mol. The largest absolute Gasteiger partial charge is 0.311 e. The lowest BCUT2D eigenvalue weighted by molar-refractivity contribution is 0.144. The van der Waals surface area contributed by atoms with Crippen molar-refractivity contribution in [2.75, 3.05) is 19.6 Å². The van der Waals surface area contributed by atoms with Crippen molar-refractivity contribution in [1.29, 1.82) is 0 Å². The van der Waals surface area contributed by atoms with Crippen molar-refractivity contribution < 1.29 is 0 Å². The highest BCUT2D eigenvalue weighted by Crippen LogP contribution is 2.24. The molecule has 1 aliphatic heterocycles. The zero-order valence-corrected chi connectivity index (χ0v) is 13.0. The fourth-order valence-corrected chi connectivity index (χ4v) is 3.11. The van der Waals surface area contributed by atoms with E-state index in [2.05, 4.69) is 43.1 Å². The van der Waals surface area contributed by atoms with E-state index in [-0.39, 0.29) is 0 Å². The van der Waals surface area contributed by atoms with E-state index in [9.17, 15) is 0 Å². The number of nitrogens with one attached hydrogen (secondary N) is 1. The summed E-state index contributed by atoms with van der Waals surface area (Å²) in [7, 11) is 0. The molecule has 1 heterocycles. The van der Waals surface area contributed by atoms with E-state index < -0.39 is 0 Å². The summed E-state index contributed by atoms with van der Waals surface area (Å²) >= 11 is 6.09. The fraction of sp³-hybridized carbons (Fsp3) is 0.625. The predicted molar refractivity (Wildman–Crippen MR) is 82.7 cm³/mol. The van der Waals surface area contributed by atoms with Crippen LogP contribution >= 0.6 is 11.6 Å². The Bertz CT molecular complexity index is 405. The van der Waals surface area contributed by atoms with E-state index in [1.54, 1.807) is 0 Å². The molecule has 0 aliphatic carbocycles. The third-order valence-corrected chi connectivity index (χ3v) is 4.16. The van der Waals surface area contributed by atoms with E-state index in [1.165, 1.54) is 12.0 Å². The van der Waals surface area contributed by atoms with Gasteiger partial charge in [0.15, 0.2) is 0 Å². The topological polar surface area (TPSA) is 15.3 Å². The zero-order valence-electron chi connectivity index (χ0n) is 12.2. The molecule has 0 radical (unpaired) electrons. The Morgan fingerprint density at radius 3 is 2.84 bits per heavy atom. The average Bonchev–Trinajstić information content (AvgIpc) is 2.37. The van der Waals surface area contributed by atoms with Crippen LogP contribution in [0.4, 0.5) is 0 Å². The molecule has 3 heteroatoms. The molecule has 19 heavy (non-hydrogen) atoms. The van der Waals surface area contributed by atoms with Crippen LogP contribution in [0.5, 0.6) is 0 Å². The first-order valence-electron chi connectivity index (χ1n) is 7.29. The first-order valence-corrected chi connectivity index (χ1v) is 7.67. The fourth-order valence-electron chi connectivity index (χ4n) is 2.91. The maximum Gasteiger partial charge on any atom is 0.0409 e. The van der Waals surface area contributed by atoms with Crippen LogP contribution in [0.3, 0.4) is 0 Å². The molecule has 2 rings (SSSR count). The summed E-state index contributed by atoms with van der Waals surface area (Å²) in [6.07, 6.45) is 1.25. The smallest absolute Gasteiger partial charge is 0.0409 e. The Morgan fingerprint density at radius 1 is 1.37 bits per heavy atom. The van der Waals surface area contributed by atoms with E-state index in [1.807, 2.05) is 12.1 Å². The van der Waals surface area contributed by atoms with Gasteiger partial charge in [-0.25, -0.2) is 0 Å². The number of halogens is 1. The van der Waals surface area contributed by atoms with Gasteiger partial charge in [0, 0.05) is 36.7 Å². The van der Waals surface area contributed by atoms with Crippen molar-refractivity contribution in [3.63, 3.8) is 0 Å². The minimum absolute atomic E-state index is 0.440. The van der Waals surface area contributed by atoms with E-state index >= 15 is 0 Å². The number of rotatable bonds is 4. The lowest BCUT2D eigenvalue weighted by Crippen LogP contribution is -2.51. The molecular formula is C16H25ClN2. The molecule has 1 N–H and O–H groups in total. The van der Waals surface area contributed by atoms with Gasteiger partial charge in [0.1, 0.15) is 0 Å². The number of hydrogen-bond donors (Lipinski definition) is 1. The summed E-state index contributed by atoms with van der Waals surface area (Å²) in [5, 5.41) is 4.46. The summed E-state index contributed by atoms with van der Waals surface area (Å²) in [5.41, 5.74) is 1.32. The SMILES string of the molecule is CC(C)CC1CN(C(C)c2cccc(Cl)c2)CCN1. The molecule has 0 spiro atoms. The van der Waals surface area contributed by atoms with Gasteiger partial charge >= 0.3 is 0 Å². The lowest BCUT2D eigenvalue weighted by atomic mass is 9.99. The summed E-state index contributed by atoms with van der Waals surface area (Å²) in [5.74, 6) is 0.749. The minimum Gasteiger partial charge on any atom is -0.311 e. The van der Waals surface area contributed by atoms with Gasteiger partial charge in [-0.05, 0) is 37.0 Å². The highest BCUT2D eigenvalue weighted by atomic mass is 35.5. The third kappa shape index (κ3) is 4.20. The summed E-state index contributed by atoms with van der Waals surface area (Å²) in [6.45, 7) is 10.2. The van der Waals surface area contributed by atoms with Gasteiger partial charge in [-0.15, -0.1) is 0 Å². The Kier molecular flexibility index (Phi) is 5.26. The molecule has 1 aromatic rings. The molecule has 0 saturated carbocycles. The maximum absolute atomic E-state index is 6.09. The van der Waals surface area contributed by atoms with Crippen LogP contribution in [-0.4, -0.2) is 30.6 Å². The normalized spacial score (nSPS) is 22.7. The van der Waals surface area contributed by atoms with E-state index in [0.717, 1.165) is 30.6 Å². The van der Waals surface area contributed by atoms with Crippen molar-refractivity contribution >= 4 is 11.6 Å². The van der Waals surface area contributed by atoms with Gasteiger partial charge in [-0.1, -0.05) is 37.6 Å². The van der Waals surface area contributed by atoms with Crippen LogP contribution < -0.4 is 5.32 Å². The molecule has 1 fully saturated rings. The lowest BCUT2D eigenvalue weighted by Gasteiger charge is -2.38. The van der Waals surface area contributed by atoms with Crippen LogP contribution in [0.2, 0.25) is 5.02 Å². The molecule has 2 unspecified atom stereocenters. The Morgan fingerprint density at radius 2 is 2.16 bits per heavy atom. The van der Waals surface area contributed by atoms with Crippen LogP contribution in [0.25, 0.3) is 0 Å². The van der Waals surface area contributed by atoms with Crippen LogP contribution in [0.1, 0.15) is 38.8 Å². The number of hydrogen-bond acceptors (Lipinski definition) is 2. The summed E-state index contributed by atoms with van der Waals surface area (Å²) in [6, 6.07) is 9.31. The van der Waals surface area contributed by atoms with Crippen LogP contribution in [-0.2, 0) is 0 Å². The molecule has 1 saturated heterocycles. The highest BCUT2D eigenvalue weighted by Gasteiger charge is 2.24. The second-order valence-corrected chi connectivity index (χ2v) is 6.44. The average molecular weight is 281 g/mol. The molecule has 1 aromatic carbocycles. The highest BCUT2D eigenvalue weighted by molar-refractivity contribution is 6.30. The summed E-state index contributed by atoms with van der Waals surface area (Å²) in [4.78, 5) is 2.56. The van der Waals surface area contributed by atoms with Crippen molar-refractivity contribution in [3.05, 3.63) is 34.9 Å². The van der Waals surface area contributed by atoms with Crippen molar-refractivity contribution in [2.24, 2.45) is 5.92 Å². The molecule has 2 atom stereocenters. The molecule has 0 amide bonds. The first kappa shape index (κ1) is 14.8. The number of benzene rings is 1. The predicted octanol–water partition coefficient (Wildman–Crippen LogP) is 3.72. The number of piperazine rings is 1. The third-order valence-electron chi connectivity index (χ3n) is 3.92. The maximum atomic E-state index is 6.09. The second kappa shape index (κ2) is 6.74. The Hall–Kier alpha value is -0.570. The van der Waals surface area contributed by atoms with Gasteiger partial charge in [0.25, 0.3) is 0 Å². The van der Waals surface area contributed by atoms with Gasteiger partial charge in [-0.3, -0.25) is 4.90 Å². The van der Waals surface area contributed by atoms with Gasteiger partial charge in [0.05, 0.1) is 0 Å². The second-order valence-electron chi connectivity index (χ2n) is 6.01. The van der Waals surface area contributed by atoms with Crippen molar-refractivity contribution in [2.45, 2.75) is 39.3 Å². The Balaban J connectivity index is 2.00. The molecule has 1 aliphatic rings. The zero-order chi connectivity index (χ0) is 13.8. The molecule has 0 aromatic heterocycles. The first-order chi connectivity index (χ1) is 9.06.